The third-order valence-corrected chi connectivity index (χ3v) is 6.00. The van der Waals surface area contributed by atoms with Crippen molar-refractivity contribution in [3.63, 3.8) is 0 Å². The molecule has 0 amide bonds. The van der Waals surface area contributed by atoms with E-state index in [0.717, 1.165) is 24.3 Å². The molecule has 0 aliphatic carbocycles. The van der Waals surface area contributed by atoms with Crippen LogP contribution >= 0.6 is 11.8 Å². The van der Waals surface area contributed by atoms with Gasteiger partial charge in [-0.3, -0.25) is 0 Å². The first-order valence-electron chi connectivity index (χ1n) is 8.99. The van der Waals surface area contributed by atoms with E-state index in [2.05, 4.69) is 46.2 Å². The highest BCUT2D eigenvalue weighted by molar-refractivity contribution is 8.00. The van der Waals surface area contributed by atoms with Crippen LogP contribution in [-0.4, -0.2) is 28.7 Å². The minimum Gasteiger partial charge on any atom is -0.454 e. The van der Waals surface area contributed by atoms with Crippen LogP contribution in [0.3, 0.4) is 0 Å². The molecule has 2 aliphatic heterocycles. The van der Waals surface area contributed by atoms with Crippen molar-refractivity contribution in [2.45, 2.75) is 30.0 Å². The van der Waals surface area contributed by atoms with Crippen LogP contribution in [0.5, 0.6) is 11.5 Å². The van der Waals surface area contributed by atoms with Crippen LogP contribution in [-0.2, 0) is 6.54 Å². The predicted molar refractivity (Wildman–Crippen MR) is 103 cm³/mol. The largest absolute Gasteiger partial charge is 0.454 e. The molecule has 0 saturated heterocycles. The van der Waals surface area contributed by atoms with Gasteiger partial charge in [0.25, 0.3) is 0 Å². The number of fused-ring (bicyclic) bond motifs is 2. The average Bonchev–Trinajstić information content (AvgIpc) is 3.31. The van der Waals surface area contributed by atoms with Gasteiger partial charge in [-0.25, -0.2) is 0 Å². The first-order valence-corrected chi connectivity index (χ1v) is 9.87. The Bertz CT molecular complexity index is 975. The van der Waals surface area contributed by atoms with Crippen molar-refractivity contribution in [3.8, 4) is 22.9 Å². The summed E-state index contributed by atoms with van der Waals surface area (Å²) in [6.07, 6.45) is 1.11. The minimum absolute atomic E-state index is 0.251. The summed E-state index contributed by atoms with van der Waals surface area (Å²) in [5.74, 6) is 2.63. The van der Waals surface area contributed by atoms with Gasteiger partial charge in [0, 0.05) is 22.3 Å². The first-order chi connectivity index (χ1) is 13.3. The molecule has 1 atom stereocenters. The fraction of sp³-hybridized carbons (Fsp3) is 0.300. The van der Waals surface area contributed by atoms with Gasteiger partial charge >= 0.3 is 0 Å². The Labute approximate surface area is 161 Å². The van der Waals surface area contributed by atoms with Crippen LogP contribution in [0.2, 0.25) is 0 Å². The Morgan fingerprint density at radius 3 is 3.00 bits per heavy atom. The molecule has 0 saturated carbocycles. The Morgan fingerprint density at radius 1 is 1.15 bits per heavy atom. The lowest BCUT2D eigenvalue weighted by atomic mass is 10.2. The second-order valence-corrected chi connectivity index (χ2v) is 8.17. The summed E-state index contributed by atoms with van der Waals surface area (Å²) in [6.45, 7) is 4.09. The predicted octanol–water partition coefficient (Wildman–Crippen LogP) is 4.36. The fourth-order valence-electron chi connectivity index (χ4n) is 3.35. The van der Waals surface area contributed by atoms with E-state index in [9.17, 15) is 0 Å². The zero-order valence-electron chi connectivity index (χ0n) is 14.9. The molecule has 1 unspecified atom stereocenters. The highest BCUT2D eigenvalue weighted by atomic mass is 32.2. The molecular formula is C20H19N3O3S. The first kappa shape index (κ1) is 16.5. The minimum atomic E-state index is 0.251. The summed E-state index contributed by atoms with van der Waals surface area (Å²) in [7, 11) is 0. The van der Waals surface area contributed by atoms with Crippen molar-refractivity contribution < 1.29 is 14.0 Å². The highest BCUT2D eigenvalue weighted by Crippen LogP contribution is 2.38. The number of rotatable bonds is 3. The number of anilines is 1. The molecule has 3 heterocycles. The van der Waals surface area contributed by atoms with E-state index in [-0.39, 0.29) is 6.79 Å². The molecule has 2 aliphatic rings. The molecule has 5 rings (SSSR count). The van der Waals surface area contributed by atoms with Crippen molar-refractivity contribution in [1.29, 1.82) is 0 Å². The second kappa shape index (κ2) is 6.81. The monoisotopic (exact) mass is 381 g/mol. The van der Waals surface area contributed by atoms with Gasteiger partial charge in [-0.2, -0.15) is 4.98 Å². The quantitative estimate of drug-likeness (QED) is 0.668. The number of benzene rings is 2. The van der Waals surface area contributed by atoms with Crippen molar-refractivity contribution in [3.05, 3.63) is 48.4 Å². The molecule has 0 bridgehead atoms. The maximum Gasteiger partial charge on any atom is 0.246 e. The van der Waals surface area contributed by atoms with E-state index >= 15 is 0 Å². The summed E-state index contributed by atoms with van der Waals surface area (Å²) in [4.78, 5) is 8.23. The van der Waals surface area contributed by atoms with Crippen LogP contribution in [0, 0.1) is 0 Å². The Kier molecular flexibility index (Phi) is 4.16. The van der Waals surface area contributed by atoms with Gasteiger partial charge in [0.05, 0.1) is 12.2 Å². The lowest BCUT2D eigenvalue weighted by molar-refractivity contribution is 0.174. The number of para-hydroxylation sites is 1. The molecule has 27 heavy (non-hydrogen) atoms. The van der Waals surface area contributed by atoms with Gasteiger partial charge in [-0.05, 0) is 36.8 Å². The van der Waals surface area contributed by atoms with Crippen molar-refractivity contribution in [1.82, 2.24) is 10.1 Å². The summed E-state index contributed by atoms with van der Waals surface area (Å²) < 4.78 is 16.3. The maximum atomic E-state index is 5.54. The van der Waals surface area contributed by atoms with E-state index in [4.69, 9.17) is 14.0 Å². The Hall–Kier alpha value is -2.67. The highest BCUT2D eigenvalue weighted by Gasteiger charge is 2.22. The van der Waals surface area contributed by atoms with Crippen molar-refractivity contribution in [2.75, 3.05) is 18.2 Å². The van der Waals surface area contributed by atoms with E-state index < -0.39 is 0 Å². The van der Waals surface area contributed by atoms with Gasteiger partial charge in [-0.1, -0.05) is 24.2 Å². The van der Waals surface area contributed by atoms with Gasteiger partial charge in [0.2, 0.25) is 18.5 Å². The van der Waals surface area contributed by atoms with Gasteiger partial charge < -0.3 is 18.9 Å². The summed E-state index contributed by atoms with van der Waals surface area (Å²) in [5.41, 5.74) is 2.09. The van der Waals surface area contributed by atoms with E-state index in [1.165, 1.54) is 10.6 Å². The van der Waals surface area contributed by atoms with Crippen LogP contribution in [0.1, 0.15) is 19.2 Å². The molecule has 0 radical (unpaired) electrons. The van der Waals surface area contributed by atoms with Gasteiger partial charge in [-0.15, -0.1) is 11.8 Å². The molecule has 6 nitrogen and oxygen atoms in total. The zero-order chi connectivity index (χ0) is 18.2. The molecule has 138 valence electrons. The lowest BCUT2D eigenvalue weighted by Crippen LogP contribution is -2.24. The van der Waals surface area contributed by atoms with Crippen molar-refractivity contribution in [2.24, 2.45) is 0 Å². The number of aromatic nitrogens is 2. The standard InChI is InChI=1S/C20H19N3O3S/c1-13-8-9-23(15-4-2-3-5-18(15)27-13)11-19-21-20(22-26-19)14-6-7-16-17(10-14)25-12-24-16/h2-7,10,13H,8-9,11-12H2,1H3. The fourth-order valence-corrected chi connectivity index (χ4v) is 4.48. The van der Waals surface area contributed by atoms with E-state index in [1.807, 2.05) is 30.0 Å². The Balaban J connectivity index is 1.39. The molecule has 1 aromatic heterocycles. The molecule has 0 fully saturated rings. The number of hydrogen-bond donors (Lipinski definition) is 0. The normalized spacial score (nSPS) is 18.3. The second-order valence-electron chi connectivity index (χ2n) is 6.69. The molecule has 3 aromatic rings. The third-order valence-electron chi connectivity index (χ3n) is 4.76. The van der Waals surface area contributed by atoms with Gasteiger partial charge in [0.1, 0.15) is 0 Å². The lowest BCUT2D eigenvalue weighted by Gasteiger charge is -2.22. The average molecular weight is 381 g/mol. The zero-order valence-corrected chi connectivity index (χ0v) is 15.7. The smallest absolute Gasteiger partial charge is 0.246 e. The van der Waals surface area contributed by atoms with E-state index in [1.54, 1.807) is 0 Å². The molecule has 0 spiro atoms. The third kappa shape index (κ3) is 3.23. The molecule has 0 N–H and O–H groups in total. The maximum absolute atomic E-state index is 5.54. The summed E-state index contributed by atoms with van der Waals surface area (Å²) in [6, 6.07) is 14.2. The summed E-state index contributed by atoms with van der Waals surface area (Å²) in [5, 5.41) is 4.74. The van der Waals surface area contributed by atoms with Crippen LogP contribution in [0.15, 0.2) is 51.9 Å². The molecule has 2 aromatic carbocycles. The summed E-state index contributed by atoms with van der Waals surface area (Å²) >= 11 is 1.93. The van der Waals surface area contributed by atoms with Crippen LogP contribution < -0.4 is 14.4 Å². The Morgan fingerprint density at radius 2 is 2.04 bits per heavy atom. The van der Waals surface area contributed by atoms with E-state index in [0.29, 0.717) is 29.3 Å². The number of hydrogen-bond acceptors (Lipinski definition) is 7. The number of nitrogens with zero attached hydrogens (tertiary/aromatic N) is 3. The molecule has 7 heteroatoms. The topological polar surface area (TPSA) is 60.6 Å². The SMILES string of the molecule is CC1CCN(Cc2nc(-c3ccc4c(c3)OCO4)no2)c2ccccc2S1. The van der Waals surface area contributed by atoms with Crippen molar-refractivity contribution >= 4 is 17.4 Å². The number of ether oxygens (including phenoxy) is 2. The van der Waals surface area contributed by atoms with Gasteiger partial charge in [0.15, 0.2) is 11.5 Å². The van der Waals surface area contributed by atoms with Crippen LogP contribution in [0.4, 0.5) is 5.69 Å². The number of thioether (sulfide) groups is 1. The van der Waals surface area contributed by atoms with Crippen LogP contribution in [0.25, 0.3) is 11.4 Å². The molecular weight excluding hydrogens is 362 g/mol.